The molecule has 204 valence electrons. The fourth-order valence-electron chi connectivity index (χ4n) is 3.85. The summed E-state index contributed by atoms with van der Waals surface area (Å²) in [5.74, 6) is -11.0. The largest absolute Gasteiger partial charge is 0.432 e. The smallest absolute Gasteiger partial charge is 0.429 e. The van der Waals surface area contributed by atoms with Gasteiger partial charge in [0.15, 0.2) is 0 Å². The van der Waals surface area contributed by atoms with Crippen LogP contribution in [0, 0.1) is 41.8 Å². The molecule has 1 nitrogen and oxygen atoms in total. The molecule has 0 N–H and O–H groups in total. The van der Waals surface area contributed by atoms with Crippen molar-refractivity contribution in [2.45, 2.75) is 19.2 Å². The van der Waals surface area contributed by atoms with Gasteiger partial charge in [-0.05, 0) is 66.1 Å². The van der Waals surface area contributed by atoms with E-state index in [-0.39, 0.29) is 29.3 Å². The third-order valence-corrected chi connectivity index (χ3v) is 5.59. The van der Waals surface area contributed by atoms with Gasteiger partial charge in [-0.15, -0.1) is 0 Å². The van der Waals surface area contributed by atoms with Crippen molar-refractivity contribution >= 4 is 0 Å². The molecule has 0 amide bonds. The molecule has 39 heavy (non-hydrogen) atoms. The molecule has 0 unspecified atom stereocenters. The normalized spacial score (nSPS) is 12.1. The standard InChI is InChI=1S/C27H13F11O/c1-12-2-4-16(18(28)6-12)14-9-22(32)25(23(33)10-14)27(37,38)39-15-3-5-17(19(29)11-15)13-7-20(30)24(21(31)8-13)26(34,35)36/h2-11H,1H3. The molecule has 0 aliphatic carbocycles. The molecule has 0 aliphatic rings. The highest BCUT2D eigenvalue weighted by Gasteiger charge is 2.42. The SMILES string of the molecule is Cc1ccc(-c2cc(F)c(C(F)(F)Oc3ccc(-c4cc(F)c(C(F)(F)F)c(F)c4)c(F)c3)c(F)c2)c(F)c1. The number of alkyl halides is 5. The van der Waals surface area contributed by atoms with Crippen molar-refractivity contribution in [3.05, 3.63) is 112 Å². The zero-order valence-corrected chi connectivity index (χ0v) is 19.3. The van der Waals surface area contributed by atoms with Crippen molar-refractivity contribution < 1.29 is 53.0 Å². The molecule has 0 saturated carbocycles. The molecule has 0 aromatic heterocycles. The zero-order chi connectivity index (χ0) is 28.9. The first kappa shape index (κ1) is 27.9. The molecule has 12 heteroatoms. The third-order valence-electron chi connectivity index (χ3n) is 5.59. The summed E-state index contributed by atoms with van der Waals surface area (Å²) in [6, 6.07) is 6.61. The van der Waals surface area contributed by atoms with E-state index in [9.17, 15) is 48.3 Å². The Morgan fingerprint density at radius 3 is 1.38 bits per heavy atom. The van der Waals surface area contributed by atoms with Gasteiger partial charge >= 0.3 is 12.3 Å². The van der Waals surface area contributed by atoms with E-state index in [0.717, 1.165) is 6.07 Å². The number of hydrogen-bond acceptors (Lipinski definition) is 1. The van der Waals surface area contributed by atoms with Crippen LogP contribution in [-0.2, 0) is 12.3 Å². The number of halogens is 11. The maximum absolute atomic E-state index is 14.7. The van der Waals surface area contributed by atoms with Gasteiger partial charge in [-0.25, -0.2) is 26.3 Å². The molecule has 0 spiro atoms. The van der Waals surface area contributed by atoms with Gasteiger partial charge in [-0.2, -0.15) is 22.0 Å². The lowest BCUT2D eigenvalue weighted by molar-refractivity contribution is -0.189. The van der Waals surface area contributed by atoms with E-state index >= 15 is 0 Å². The fourth-order valence-corrected chi connectivity index (χ4v) is 3.85. The highest BCUT2D eigenvalue weighted by Crippen LogP contribution is 2.40. The molecule has 4 aromatic carbocycles. The second-order valence-electron chi connectivity index (χ2n) is 8.37. The minimum Gasteiger partial charge on any atom is -0.429 e. The first-order valence-electron chi connectivity index (χ1n) is 10.8. The monoisotopic (exact) mass is 562 g/mol. The number of ether oxygens (including phenoxy) is 1. The lowest BCUT2D eigenvalue weighted by atomic mass is 10.0. The Labute approximate surface area is 213 Å². The molecule has 4 rings (SSSR count). The van der Waals surface area contributed by atoms with Crippen LogP contribution < -0.4 is 4.74 Å². The van der Waals surface area contributed by atoms with Crippen LogP contribution >= 0.6 is 0 Å². The minimum atomic E-state index is -5.37. The summed E-state index contributed by atoms with van der Waals surface area (Å²) in [5.41, 5.74) is -5.58. The first-order valence-corrected chi connectivity index (χ1v) is 10.8. The van der Waals surface area contributed by atoms with Gasteiger partial charge in [0.25, 0.3) is 0 Å². The van der Waals surface area contributed by atoms with Crippen LogP contribution in [0.4, 0.5) is 48.3 Å². The molecule has 0 aliphatic heterocycles. The van der Waals surface area contributed by atoms with Gasteiger partial charge in [-0.1, -0.05) is 12.1 Å². The van der Waals surface area contributed by atoms with Gasteiger partial charge in [0, 0.05) is 17.2 Å². The minimum absolute atomic E-state index is 0.197. The van der Waals surface area contributed by atoms with Crippen molar-refractivity contribution in [3.8, 4) is 28.0 Å². The van der Waals surface area contributed by atoms with Crippen LogP contribution in [0.25, 0.3) is 22.3 Å². The van der Waals surface area contributed by atoms with Crippen molar-refractivity contribution in [1.82, 2.24) is 0 Å². The molecule has 0 atom stereocenters. The van der Waals surface area contributed by atoms with Crippen LogP contribution in [-0.4, -0.2) is 0 Å². The Hall–Kier alpha value is -4.09. The maximum atomic E-state index is 14.7. The molecule has 0 saturated heterocycles. The van der Waals surface area contributed by atoms with E-state index in [2.05, 4.69) is 4.74 Å². The molecule has 0 radical (unpaired) electrons. The number of hydrogen-bond donors (Lipinski definition) is 0. The van der Waals surface area contributed by atoms with Crippen molar-refractivity contribution in [1.29, 1.82) is 0 Å². The van der Waals surface area contributed by atoms with Crippen molar-refractivity contribution in [2.24, 2.45) is 0 Å². The van der Waals surface area contributed by atoms with Crippen LogP contribution in [0.3, 0.4) is 0 Å². The number of aryl methyl sites for hydroxylation is 1. The summed E-state index contributed by atoms with van der Waals surface area (Å²) in [5, 5.41) is 0. The summed E-state index contributed by atoms with van der Waals surface area (Å²) in [4.78, 5) is 0. The highest BCUT2D eigenvalue weighted by atomic mass is 19.4. The lowest BCUT2D eigenvalue weighted by Gasteiger charge is -2.20. The molecular weight excluding hydrogens is 549 g/mol. The van der Waals surface area contributed by atoms with Gasteiger partial charge < -0.3 is 4.74 Å². The Morgan fingerprint density at radius 1 is 0.513 bits per heavy atom. The summed E-state index contributed by atoms with van der Waals surface area (Å²) in [6.07, 6.45) is -10.1. The Kier molecular flexibility index (Phi) is 7.09. The molecule has 0 fully saturated rings. The second kappa shape index (κ2) is 9.90. The topological polar surface area (TPSA) is 9.23 Å². The fraction of sp³-hybridized carbons (Fsp3) is 0.111. The molecule has 0 heterocycles. The van der Waals surface area contributed by atoms with E-state index in [1.807, 2.05) is 0 Å². The number of benzene rings is 4. The van der Waals surface area contributed by atoms with E-state index < -0.39 is 75.2 Å². The summed E-state index contributed by atoms with van der Waals surface area (Å²) in [6.45, 7) is 1.56. The molecule has 4 aromatic rings. The Bertz CT molecular complexity index is 1530. The van der Waals surface area contributed by atoms with E-state index in [0.29, 0.717) is 29.8 Å². The first-order chi connectivity index (χ1) is 18.1. The summed E-state index contributed by atoms with van der Waals surface area (Å²) >= 11 is 0. The van der Waals surface area contributed by atoms with Gasteiger partial charge in [0.1, 0.15) is 51.8 Å². The van der Waals surface area contributed by atoms with Crippen molar-refractivity contribution in [3.63, 3.8) is 0 Å². The average molecular weight is 562 g/mol. The Balaban J connectivity index is 1.65. The summed E-state index contributed by atoms with van der Waals surface area (Å²) in [7, 11) is 0. The van der Waals surface area contributed by atoms with E-state index in [4.69, 9.17) is 0 Å². The van der Waals surface area contributed by atoms with Crippen LogP contribution in [0.1, 0.15) is 16.7 Å². The summed E-state index contributed by atoms with van der Waals surface area (Å²) < 4.78 is 158. The predicted octanol–water partition coefficient (Wildman–Crippen LogP) is 9.31. The van der Waals surface area contributed by atoms with Crippen LogP contribution in [0.15, 0.2) is 60.7 Å². The quantitative estimate of drug-likeness (QED) is 0.220. The average Bonchev–Trinajstić information content (AvgIpc) is 2.76. The van der Waals surface area contributed by atoms with Gasteiger partial charge in [-0.3, -0.25) is 0 Å². The van der Waals surface area contributed by atoms with Gasteiger partial charge in [0.2, 0.25) is 0 Å². The predicted molar refractivity (Wildman–Crippen MR) is 118 cm³/mol. The van der Waals surface area contributed by atoms with E-state index in [1.165, 1.54) is 12.1 Å². The molecular formula is C27H13F11O. The molecule has 0 bridgehead atoms. The highest BCUT2D eigenvalue weighted by molar-refractivity contribution is 5.67. The third kappa shape index (κ3) is 5.55. The zero-order valence-electron chi connectivity index (χ0n) is 19.3. The number of rotatable bonds is 5. The second-order valence-corrected chi connectivity index (χ2v) is 8.37. The lowest BCUT2D eigenvalue weighted by Crippen LogP contribution is -2.25. The maximum Gasteiger partial charge on any atom is 0.432 e. The van der Waals surface area contributed by atoms with Gasteiger partial charge in [0.05, 0.1) is 0 Å². The van der Waals surface area contributed by atoms with Crippen molar-refractivity contribution in [2.75, 3.05) is 0 Å². The van der Waals surface area contributed by atoms with Crippen LogP contribution in [0.2, 0.25) is 0 Å². The van der Waals surface area contributed by atoms with E-state index in [1.54, 1.807) is 6.92 Å². The van der Waals surface area contributed by atoms with Crippen LogP contribution in [0.5, 0.6) is 5.75 Å². The Morgan fingerprint density at radius 2 is 0.949 bits per heavy atom.